The Bertz CT molecular complexity index is 435. The molecule has 0 fully saturated rings. The molecule has 0 bridgehead atoms. The van der Waals surface area contributed by atoms with Crippen molar-refractivity contribution in [3.63, 3.8) is 0 Å². The molecule has 0 heterocycles. The third-order valence-electron chi connectivity index (χ3n) is 3.36. The molecule has 0 aliphatic carbocycles. The van der Waals surface area contributed by atoms with Crippen LogP contribution in [0.4, 0.5) is 0 Å². The second-order valence-electron chi connectivity index (χ2n) is 5.46. The first kappa shape index (κ1) is 16.1. The Balaban J connectivity index is 2.60. The van der Waals surface area contributed by atoms with Gasteiger partial charge in [-0.1, -0.05) is 58.4 Å². The summed E-state index contributed by atoms with van der Waals surface area (Å²) in [5.74, 6) is 1.62. The maximum Gasteiger partial charge on any atom is 0.175 e. The summed E-state index contributed by atoms with van der Waals surface area (Å²) < 4.78 is 11.9. The number of hydrogen-bond donors (Lipinski definition) is 0. The Morgan fingerprint density at radius 2 is 1.74 bits per heavy atom. The van der Waals surface area contributed by atoms with Crippen molar-refractivity contribution >= 4 is 16.6 Å². The Hall–Kier alpha value is -0.960. The summed E-state index contributed by atoms with van der Waals surface area (Å²) >= 11 is 0. The second kappa shape index (κ2) is 7.59. The normalized spacial score (nSPS) is 14.4. The summed E-state index contributed by atoms with van der Waals surface area (Å²) in [6.07, 6.45) is 1.00. The lowest BCUT2D eigenvalue weighted by molar-refractivity contribution is 0.102. The Labute approximate surface area is 119 Å². The molecule has 1 rings (SSSR count). The molecule has 0 N–H and O–H groups in total. The topological polar surface area (TPSA) is 34.1 Å². The molecule has 0 aliphatic heterocycles. The third kappa shape index (κ3) is 5.27. The Morgan fingerprint density at radius 3 is 2.21 bits per heavy atom. The fourth-order valence-corrected chi connectivity index (χ4v) is 3.22. The van der Waals surface area contributed by atoms with Crippen molar-refractivity contribution in [2.45, 2.75) is 40.0 Å². The molecule has 106 valence electrons. The first-order valence-electron chi connectivity index (χ1n) is 6.92. The molecule has 0 aromatic heterocycles. The van der Waals surface area contributed by atoms with Gasteiger partial charge in [-0.15, -0.1) is 0 Å². The fourth-order valence-electron chi connectivity index (χ4n) is 1.78. The van der Waals surface area contributed by atoms with Gasteiger partial charge in [0.15, 0.2) is 5.78 Å². The summed E-state index contributed by atoms with van der Waals surface area (Å²) in [6, 6.07) is 7.65. The quantitative estimate of drug-likeness (QED) is 0.712. The SMILES string of the molecule is CCC(C)CS(=O)CC(=O)c1ccc(C(C)C)cc1. The minimum Gasteiger partial charge on any atom is -0.293 e. The Kier molecular flexibility index (Phi) is 6.43. The molecule has 3 heteroatoms. The molecule has 2 nitrogen and oxygen atoms in total. The van der Waals surface area contributed by atoms with Crippen molar-refractivity contribution in [3.8, 4) is 0 Å². The van der Waals surface area contributed by atoms with Gasteiger partial charge in [0.1, 0.15) is 0 Å². The van der Waals surface area contributed by atoms with Gasteiger partial charge in [0.25, 0.3) is 0 Å². The number of Topliss-reactive ketones (excluding diaryl/α,β-unsaturated/α-hetero) is 1. The summed E-state index contributed by atoms with van der Waals surface area (Å²) in [4.78, 5) is 12.0. The molecule has 2 atom stereocenters. The molecule has 0 radical (unpaired) electrons. The zero-order valence-electron chi connectivity index (χ0n) is 12.3. The van der Waals surface area contributed by atoms with E-state index in [1.807, 2.05) is 24.3 Å². The standard InChI is InChI=1S/C16H24O2S/c1-5-13(4)10-19(18)11-16(17)15-8-6-14(7-9-15)12(2)3/h6-9,12-13H,5,10-11H2,1-4H3. The minimum absolute atomic E-state index is 0.0167. The monoisotopic (exact) mass is 280 g/mol. The summed E-state index contributed by atoms with van der Waals surface area (Å²) in [5, 5.41) is 0. The van der Waals surface area contributed by atoms with Crippen molar-refractivity contribution < 1.29 is 9.00 Å². The molecule has 0 saturated heterocycles. The highest BCUT2D eigenvalue weighted by Gasteiger charge is 2.13. The lowest BCUT2D eigenvalue weighted by Gasteiger charge is -2.08. The molecule has 0 aliphatic rings. The van der Waals surface area contributed by atoms with Crippen LogP contribution < -0.4 is 0 Å². The van der Waals surface area contributed by atoms with Crippen LogP contribution in [0, 0.1) is 5.92 Å². The smallest absolute Gasteiger partial charge is 0.175 e. The van der Waals surface area contributed by atoms with Crippen LogP contribution in [0.25, 0.3) is 0 Å². The lowest BCUT2D eigenvalue weighted by atomic mass is 10.0. The predicted molar refractivity (Wildman–Crippen MR) is 82.2 cm³/mol. The second-order valence-corrected chi connectivity index (χ2v) is 6.97. The third-order valence-corrected chi connectivity index (χ3v) is 4.88. The highest BCUT2D eigenvalue weighted by molar-refractivity contribution is 7.85. The summed E-state index contributed by atoms with van der Waals surface area (Å²) in [7, 11) is -1.04. The molecule has 0 spiro atoms. The Morgan fingerprint density at radius 1 is 1.16 bits per heavy atom. The van der Waals surface area contributed by atoms with Gasteiger partial charge < -0.3 is 0 Å². The maximum absolute atomic E-state index is 12.0. The van der Waals surface area contributed by atoms with Crippen LogP contribution in [0.1, 0.15) is 56.0 Å². The van der Waals surface area contributed by atoms with Crippen LogP contribution in [0.3, 0.4) is 0 Å². The molecule has 1 aromatic carbocycles. The van der Waals surface area contributed by atoms with Crippen molar-refractivity contribution in [1.82, 2.24) is 0 Å². The van der Waals surface area contributed by atoms with E-state index in [-0.39, 0.29) is 11.5 Å². The van der Waals surface area contributed by atoms with Gasteiger partial charge >= 0.3 is 0 Å². The average Bonchev–Trinajstić information content (AvgIpc) is 2.38. The molecule has 2 unspecified atom stereocenters. The predicted octanol–water partition coefficient (Wildman–Crippen LogP) is 3.79. The fraction of sp³-hybridized carbons (Fsp3) is 0.562. The van der Waals surface area contributed by atoms with Crippen molar-refractivity contribution in [2.24, 2.45) is 5.92 Å². The molecule has 1 aromatic rings. The first-order valence-corrected chi connectivity index (χ1v) is 8.41. The van der Waals surface area contributed by atoms with Crippen molar-refractivity contribution in [2.75, 3.05) is 11.5 Å². The largest absolute Gasteiger partial charge is 0.293 e. The van der Waals surface area contributed by atoms with E-state index in [9.17, 15) is 9.00 Å². The van der Waals surface area contributed by atoms with E-state index < -0.39 is 10.8 Å². The van der Waals surface area contributed by atoms with Gasteiger partial charge in [-0.3, -0.25) is 9.00 Å². The van der Waals surface area contributed by atoms with Gasteiger partial charge in [0.05, 0.1) is 5.75 Å². The van der Waals surface area contributed by atoms with Gasteiger partial charge in [-0.2, -0.15) is 0 Å². The van der Waals surface area contributed by atoms with E-state index in [1.54, 1.807) is 0 Å². The van der Waals surface area contributed by atoms with Gasteiger partial charge in [0, 0.05) is 22.1 Å². The average molecular weight is 280 g/mol. The van der Waals surface area contributed by atoms with Crippen molar-refractivity contribution in [1.29, 1.82) is 0 Å². The molecular weight excluding hydrogens is 256 g/mol. The first-order chi connectivity index (χ1) is 8.93. The number of rotatable bonds is 7. The van der Waals surface area contributed by atoms with Gasteiger partial charge in [0.2, 0.25) is 0 Å². The van der Waals surface area contributed by atoms with E-state index in [0.717, 1.165) is 6.42 Å². The highest BCUT2D eigenvalue weighted by Crippen LogP contribution is 2.15. The van der Waals surface area contributed by atoms with Crippen LogP contribution in [-0.4, -0.2) is 21.5 Å². The van der Waals surface area contributed by atoms with Crippen LogP contribution >= 0.6 is 0 Å². The zero-order chi connectivity index (χ0) is 14.4. The van der Waals surface area contributed by atoms with E-state index in [2.05, 4.69) is 27.7 Å². The van der Waals surface area contributed by atoms with Crippen LogP contribution in [0.15, 0.2) is 24.3 Å². The van der Waals surface area contributed by atoms with E-state index in [4.69, 9.17) is 0 Å². The summed E-state index contributed by atoms with van der Waals surface area (Å²) in [5.41, 5.74) is 1.89. The van der Waals surface area contributed by atoms with Crippen molar-refractivity contribution in [3.05, 3.63) is 35.4 Å². The summed E-state index contributed by atoms with van der Waals surface area (Å²) in [6.45, 7) is 8.39. The maximum atomic E-state index is 12.0. The number of hydrogen-bond acceptors (Lipinski definition) is 2. The number of benzene rings is 1. The molecule has 19 heavy (non-hydrogen) atoms. The number of carbonyl (C=O) groups excluding carboxylic acids is 1. The van der Waals surface area contributed by atoms with E-state index >= 15 is 0 Å². The van der Waals surface area contributed by atoms with E-state index in [1.165, 1.54) is 5.56 Å². The number of carbonyl (C=O) groups is 1. The highest BCUT2D eigenvalue weighted by atomic mass is 32.2. The van der Waals surface area contributed by atoms with Gasteiger partial charge in [-0.25, -0.2) is 0 Å². The van der Waals surface area contributed by atoms with Gasteiger partial charge in [-0.05, 0) is 17.4 Å². The minimum atomic E-state index is -1.04. The van der Waals surface area contributed by atoms with Crippen LogP contribution in [0.5, 0.6) is 0 Å². The van der Waals surface area contributed by atoms with Crippen LogP contribution in [-0.2, 0) is 10.8 Å². The lowest BCUT2D eigenvalue weighted by Crippen LogP contribution is -2.16. The van der Waals surface area contributed by atoms with Crippen LogP contribution in [0.2, 0.25) is 0 Å². The van der Waals surface area contributed by atoms with E-state index in [0.29, 0.717) is 23.2 Å². The number of ketones is 1. The zero-order valence-corrected chi connectivity index (χ0v) is 13.1. The molecule has 0 saturated carbocycles. The molecular formula is C16H24O2S. The molecule has 0 amide bonds.